The Morgan fingerprint density at radius 1 is 1.14 bits per heavy atom. The van der Waals surface area contributed by atoms with E-state index in [0.717, 1.165) is 4.57 Å². The van der Waals surface area contributed by atoms with E-state index in [1.165, 1.54) is 7.11 Å². The number of aromatic nitrogens is 2. The molecule has 21 heavy (non-hydrogen) atoms. The van der Waals surface area contributed by atoms with E-state index in [-0.39, 0.29) is 0 Å². The molecular weight excluding hydrogens is 292 g/mol. The summed E-state index contributed by atoms with van der Waals surface area (Å²) in [5, 5.41) is 0.682. The predicted octanol–water partition coefficient (Wildman–Crippen LogP) is 2.34. The first kappa shape index (κ1) is 13.5. The highest BCUT2D eigenvalue weighted by atomic mass is 35.5. The van der Waals surface area contributed by atoms with Crippen LogP contribution in [0.25, 0.3) is 16.6 Å². The molecule has 0 aliphatic carbocycles. The Morgan fingerprint density at radius 2 is 1.90 bits per heavy atom. The van der Waals surface area contributed by atoms with E-state index in [0.29, 0.717) is 27.4 Å². The highest BCUT2D eigenvalue weighted by Crippen LogP contribution is 2.19. The van der Waals surface area contributed by atoms with Gasteiger partial charge < -0.3 is 9.72 Å². The van der Waals surface area contributed by atoms with E-state index in [1.807, 2.05) is 0 Å². The predicted molar refractivity (Wildman–Crippen MR) is 81.7 cm³/mol. The van der Waals surface area contributed by atoms with Crippen molar-refractivity contribution < 1.29 is 4.74 Å². The van der Waals surface area contributed by atoms with Gasteiger partial charge in [0.2, 0.25) is 0 Å². The highest BCUT2D eigenvalue weighted by molar-refractivity contribution is 6.32. The van der Waals surface area contributed by atoms with E-state index in [1.54, 1.807) is 42.5 Å². The van der Waals surface area contributed by atoms with E-state index in [4.69, 9.17) is 16.3 Å². The quantitative estimate of drug-likeness (QED) is 0.790. The number of H-pyrrole nitrogens is 1. The molecule has 1 aromatic heterocycles. The standard InChI is InChI=1S/C15H11ClN2O3/c1-21-9-6-7-12-10(8-9)14(19)18(15(20)17-12)13-5-3-2-4-11(13)16/h2-8H,1H3,(H,17,20). The number of benzene rings is 2. The van der Waals surface area contributed by atoms with Crippen LogP contribution < -0.4 is 16.0 Å². The van der Waals surface area contributed by atoms with E-state index < -0.39 is 11.2 Å². The minimum absolute atomic E-state index is 0.326. The summed E-state index contributed by atoms with van der Waals surface area (Å²) in [6.45, 7) is 0. The molecule has 3 rings (SSSR count). The van der Waals surface area contributed by atoms with Gasteiger partial charge in [0.05, 0.1) is 28.7 Å². The van der Waals surface area contributed by atoms with Gasteiger partial charge in [-0.05, 0) is 30.3 Å². The molecule has 0 saturated carbocycles. The third kappa shape index (κ3) is 2.21. The molecule has 0 aliphatic rings. The molecule has 0 fully saturated rings. The van der Waals surface area contributed by atoms with Crippen LogP contribution in [0.4, 0.5) is 0 Å². The molecule has 0 atom stereocenters. The van der Waals surface area contributed by atoms with Crippen LogP contribution in [0.15, 0.2) is 52.1 Å². The highest BCUT2D eigenvalue weighted by Gasteiger charge is 2.12. The summed E-state index contributed by atoms with van der Waals surface area (Å²) >= 11 is 6.08. The molecule has 5 nitrogen and oxygen atoms in total. The van der Waals surface area contributed by atoms with Gasteiger partial charge in [-0.1, -0.05) is 23.7 Å². The van der Waals surface area contributed by atoms with Crippen LogP contribution in [0.3, 0.4) is 0 Å². The van der Waals surface area contributed by atoms with Gasteiger partial charge in [-0.2, -0.15) is 0 Å². The zero-order valence-corrected chi connectivity index (χ0v) is 11.8. The van der Waals surface area contributed by atoms with Gasteiger partial charge in [-0.15, -0.1) is 0 Å². The maximum atomic E-state index is 12.6. The third-order valence-corrected chi connectivity index (χ3v) is 3.52. The SMILES string of the molecule is COc1ccc2[nH]c(=O)n(-c3ccccc3Cl)c(=O)c2c1. The minimum atomic E-state index is -0.536. The number of ether oxygens (including phenoxy) is 1. The average molecular weight is 303 g/mol. The second-order valence-corrected chi connectivity index (χ2v) is 4.84. The number of halogens is 1. The molecule has 0 amide bonds. The molecule has 0 bridgehead atoms. The Balaban J connectivity index is 2.42. The third-order valence-electron chi connectivity index (χ3n) is 3.20. The van der Waals surface area contributed by atoms with Gasteiger partial charge in [0.1, 0.15) is 5.75 Å². The summed E-state index contributed by atoms with van der Waals surface area (Å²) in [6, 6.07) is 11.6. The second kappa shape index (κ2) is 5.10. The van der Waals surface area contributed by atoms with Crippen molar-refractivity contribution in [2.75, 3.05) is 7.11 Å². The van der Waals surface area contributed by atoms with Crippen LogP contribution in [0, 0.1) is 0 Å². The maximum Gasteiger partial charge on any atom is 0.333 e. The number of hydrogen-bond acceptors (Lipinski definition) is 3. The molecule has 2 aromatic carbocycles. The number of nitrogens with zero attached hydrogens (tertiary/aromatic N) is 1. The molecule has 1 heterocycles. The summed E-state index contributed by atoms with van der Waals surface area (Å²) in [7, 11) is 1.51. The summed E-state index contributed by atoms with van der Waals surface area (Å²) in [5.41, 5.74) is -0.184. The van der Waals surface area contributed by atoms with Gasteiger partial charge >= 0.3 is 5.69 Å². The van der Waals surface area contributed by atoms with Crippen molar-refractivity contribution in [2.45, 2.75) is 0 Å². The molecule has 0 spiro atoms. The molecule has 0 aliphatic heterocycles. The van der Waals surface area contributed by atoms with Crippen molar-refractivity contribution in [2.24, 2.45) is 0 Å². The van der Waals surface area contributed by atoms with Gasteiger partial charge in [0, 0.05) is 0 Å². The lowest BCUT2D eigenvalue weighted by Crippen LogP contribution is -2.33. The molecule has 106 valence electrons. The minimum Gasteiger partial charge on any atom is -0.497 e. The van der Waals surface area contributed by atoms with Crippen molar-refractivity contribution in [3.8, 4) is 11.4 Å². The van der Waals surface area contributed by atoms with Crippen molar-refractivity contribution in [3.63, 3.8) is 0 Å². The van der Waals surface area contributed by atoms with Crippen LogP contribution in [0.1, 0.15) is 0 Å². The molecule has 0 radical (unpaired) electrons. The maximum absolute atomic E-state index is 12.6. The lowest BCUT2D eigenvalue weighted by Gasteiger charge is -2.08. The summed E-state index contributed by atoms with van der Waals surface area (Å²) in [5.74, 6) is 0.539. The zero-order chi connectivity index (χ0) is 15.0. The van der Waals surface area contributed by atoms with Crippen molar-refractivity contribution >= 4 is 22.5 Å². The Morgan fingerprint density at radius 3 is 2.62 bits per heavy atom. The first-order chi connectivity index (χ1) is 10.1. The van der Waals surface area contributed by atoms with Crippen molar-refractivity contribution in [1.29, 1.82) is 0 Å². The molecule has 1 N–H and O–H groups in total. The molecule has 3 aromatic rings. The fourth-order valence-electron chi connectivity index (χ4n) is 2.17. The number of fused-ring (bicyclic) bond motifs is 1. The number of para-hydroxylation sites is 1. The summed E-state index contributed by atoms with van der Waals surface area (Å²) in [6.07, 6.45) is 0. The number of methoxy groups -OCH3 is 1. The first-order valence-electron chi connectivity index (χ1n) is 6.20. The van der Waals surface area contributed by atoms with Crippen LogP contribution in [0.2, 0.25) is 5.02 Å². The Hall–Kier alpha value is -2.53. The van der Waals surface area contributed by atoms with Gasteiger partial charge in [0.15, 0.2) is 0 Å². The summed E-state index contributed by atoms with van der Waals surface area (Å²) < 4.78 is 6.13. The smallest absolute Gasteiger partial charge is 0.333 e. The lowest BCUT2D eigenvalue weighted by molar-refractivity contribution is 0.415. The topological polar surface area (TPSA) is 64.1 Å². The number of rotatable bonds is 2. The van der Waals surface area contributed by atoms with Gasteiger partial charge in [-0.25, -0.2) is 9.36 Å². The fourth-order valence-corrected chi connectivity index (χ4v) is 2.39. The number of hydrogen-bond donors (Lipinski definition) is 1. The molecule has 0 saturated heterocycles. The van der Waals surface area contributed by atoms with E-state index in [2.05, 4.69) is 4.98 Å². The Labute approximate surface area is 124 Å². The van der Waals surface area contributed by atoms with Gasteiger partial charge in [0.25, 0.3) is 5.56 Å². The molecular formula is C15H11ClN2O3. The Bertz CT molecular complexity index is 944. The molecule has 0 unspecified atom stereocenters. The summed E-state index contributed by atoms with van der Waals surface area (Å²) in [4.78, 5) is 27.4. The number of aromatic amines is 1. The van der Waals surface area contributed by atoms with Crippen LogP contribution >= 0.6 is 11.6 Å². The monoisotopic (exact) mass is 302 g/mol. The van der Waals surface area contributed by atoms with E-state index >= 15 is 0 Å². The Kier molecular flexibility index (Phi) is 3.27. The largest absolute Gasteiger partial charge is 0.497 e. The van der Waals surface area contributed by atoms with Gasteiger partial charge in [-0.3, -0.25) is 4.79 Å². The first-order valence-corrected chi connectivity index (χ1v) is 6.57. The van der Waals surface area contributed by atoms with Crippen LogP contribution in [-0.2, 0) is 0 Å². The normalized spacial score (nSPS) is 10.8. The lowest BCUT2D eigenvalue weighted by atomic mass is 10.2. The average Bonchev–Trinajstić information content (AvgIpc) is 2.49. The van der Waals surface area contributed by atoms with Crippen molar-refractivity contribution in [3.05, 3.63) is 68.3 Å². The molecule has 6 heteroatoms. The van der Waals surface area contributed by atoms with E-state index in [9.17, 15) is 9.59 Å². The van der Waals surface area contributed by atoms with Crippen molar-refractivity contribution in [1.82, 2.24) is 9.55 Å². The van der Waals surface area contributed by atoms with Crippen LogP contribution in [-0.4, -0.2) is 16.7 Å². The van der Waals surface area contributed by atoms with Crippen LogP contribution in [0.5, 0.6) is 5.75 Å². The second-order valence-electron chi connectivity index (χ2n) is 4.43. The zero-order valence-electron chi connectivity index (χ0n) is 11.1. The number of nitrogens with one attached hydrogen (secondary N) is 1. The fraction of sp³-hybridized carbons (Fsp3) is 0.0667.